The average Bonchev–Trinajstić information content (AvgIpc) is 3.16. The first-order valence-electron chi connectivity index (χ1n) is 8.49. The van der Waals surface area contributed by atoms with E-state index in [0.717, 1.165) is 5.56 Å². The zero-order valence-electron chi connectivity index (χ0n) is 15.0. The summed E-state index contributed by atoms with van der Waals surface area (Å²) in [5, 5.41) is 11.9. The molecule has 9 heteroatoms. The van der Waals surface area contributed by atoms with E-state index in [1.54, 1.807) is 24.6 Å². The monoisotopic (exact) mass is 407 g/mol. The standard InChI is InChI=1S/C18H19Cl2N5O2/c1-11-16(18(26)21-9-5-8-15-22-12(2)24-27-15)17(20)25(23-11)10-13-6-3-4-7-14(13)19/h3-4,6-7H,5,8-10H2,1-2H3,(H,21,26). The van der Waals surface area contributed by atoms with E-state index in [1.165, 1.54) is 0 Å². The van der Waals surface area contributed by atoms with E-state index in [1.807, 2.05) is 18.2 Å². The van der Waals surface area contributed by atoms with Crippen molar-refractivity contribution < 1.29 is 9.32 Å². The van der Waals surface area contributed by atoms with Crippen LogP contribution in [0.5, 0.6) is 0 Å². The Morgan fingerprint density at radius 3 is 2.74 bits per heavy atom. The van der Waals surface area contributed by atoms with E-state index in [0.29, 0.717) is 53.9 Å². The molecular weight excluding hydrogens is 389 g/mol. The zero-order valence-corrected chi connectivity index (χ0v) is 16.5. The number of halogens is 2. The molecule has 3 aromatic rings. The molecular formula is C18H19Cl2N5O2. The van der Waals surface area contributed by atoms with Gasteiger partial charge in [0.05, 0.1) is 17.8 Å². The van der Waals surface area contributed by atoms with Crippen molar-refractivity contribution in [2.75, 3.05) is 6.54 Å². The number of nitrogens with one attached hydrogen (secondary N) is 1. The summed E-state index contributed by atoms with van der Waals surface area (Å²) in [4.78, 5) is 16.6. The highest BCUT2D eigenvalue weighted by atomic mass is 35.5. The second-order valence-corrected chi connectivity index (χ2v) is 6.86. The van der Waals surface area contributed by atoms with Crippen molar-refractivity contribution in [1.82, 2.24) is 25.2 Å². The molecule has 1 N–H and O–H groups in total. The molecule has 3 rings (SSSR count). The topological polar surface area (TPSA) is 85.8 Å². The van der Waals surface area contributed by atoms with Crippen LogP contribution in [0, 0.1) is 13.8 Å². The third-order valence-corrected chi connectivity index (χ3v) is 4.75. The SMILES string of the molecule is Cc1noc(CCCNC(=O)c2c(C)nn(Cc3ccccc3Cl)c2Cl)n1. The molecule has 27 heavy (non-hydrogen) atoms. The fraction of sp³-hybridized carbons (Fsp3) is 0.333. The van der Waals surface area contributed by atoms with E-state index in [-0.39, 0.29) is 11.1 Å². The summed E-state index contributed by atoms with van der Waals surface area (Å²) in [6.45, 7) is 4.37. The van der Waals surface area contributed by atoms with Gasteiger partial charge in [-0.2, -0.15) is 10.1 Å². The molecule has 142 valence electrons. The van der Waals surface area contributed by atoms with Crippen LogP contribution in [-0.2, 0) is 13.0 Å². The van der Waals surface area contributed by atoms with Gasteiger partial charge in [0.2, 0.25) is 5.89 Å². The van der Waals surface area contributed by atoms with Gasteiger partial charge >= 0.3 is 0 Å². The Balaban J connectivity index is 1.61. The van der Waals surface area contributed by atoms with Crippen LogP contribution in [0.1, 0.15) is 39.8 Å². The van der Waals surface area contributed by atoms with Gasteiger partial charge in [0.15, 0.2) is 5.82 Å². The van der Waals surface area contributed by atoms with E-state index in [9.17, 15) is 4.79 Å². The first-order chi connectivity index (χ1) is 13.0. The third-order valence-electron chi connectivity index (χ3n) is 3.99. The minimum atomic E-state index is -0.260. The molecule has 0 spiro atoms. The molecule has 2 heterocycles. The molecule has 0 fully saturated rings. The molecule has 0 bridgehead atoms. The van der Waals surface area contributed by atoms with Crippen LogP contribution in [0.4, 0.5) is 0 Å². The summed E-state index contributed by atoms with van der Waals surface area (Å²) in [7, 11) is 0. The van der Waals surface area contributed by atoms with Crippen molar-refractivity contribution in [2.45, 2.75) is 33.2 Å². The number of nitrogens with zero attached hydrogens (tertiary/aromatic N) is 4. The van der Waals surface area contributed by atoms with Crippen LogP contribution in [0.2, 0.25) is 10.2 Å². The molecule has 0 atom stereocenters. The van der Waals surface area contributed by atoms with Crippen LogP contribution in [-0.4, -0.2) is 32.4 Å². The van der Waals surface area contributed by atoms with Gasteiger partial charge in [0, 0.05) is 18.0 Å². The Labute approximate surface area is 166 Å². The quantitative estimate of drug-likeness (QED) is 0.604. The molecule has 1 amide bonds. The lowest BCUT2D eigenvalue weighted by atomic mass is 10.2. The largest absolute Gasteiger partial charge is 0.352 e. The van der Waals surface area contributed by atoms with Crippen LogP contribution >= 0.6 is 23.2 Å². The summed E-state index contributed by atoms with van der Waals surface area (Å²) in [6.07, 6.45) is 1.28. The molecule has 0 radical (unpaired) electrons. The number of amides is 1. The molecule has 1 aromatic carbocycles. The second-order valence-electron chi connectivity index (χ2n) is 6.10. The maximum atomic E-state index is 12.5. The van der Waals surface area contributed by atoms with Gasteiger partial charge in [-0.05, 0) is 31.9 Å². The molecule has 7 nitrogen and oxygen atoms in total. The predicted octanol–water partition coefficient (Wildman–Crippen LogP) is 3.60. The number of aromatic nitrogens is 4. The molecule has 0 saturated heterocycles. The van der Waals surface area contributed by atoms with Crippen molar-refractivity contribution in [1.29, 1.82) is 0 Å². The van der Waals surface area contributed by atoms with Crippen LogP contribution in [0.25, 0.3) is 0 Å². The lowest BCUT2D eigenvalue weighted by Crippen LogP contribution is -2.25. The smallest absolute Gasteiger partial charge is 0.256 e. The summed E-state index contributed by atoms with van der Waals surface area (Å²) in [5.41, 5.74) is 1.82. The second kappa shape index (κ2) is 8.54. The van der Waals surface area contributed by atoms with Gasteiger partial charge in [-0.1, -0.05) is 46.6 Å². The molecule has 0 unspecified atom stereocenters. The van der Waals surface area contributed by atoms with Crippen molar-refractivity contribution in [3.05, 3.63) is 63.0 Å². The molecule has 2 aromatic heterocycles. The fourth-order valence-corrected chi connectivity index (χ4v) is 3.19. The summed E-state index contributed by atoms with van der Waals surface area (Å²) in [6, 6.07) is 7.45. The molecule has 0 saturated carbocycles. The minimum Gasteiger partial charge on any atom is -0.352 e. The molecule has 0 aliphatic heterocycles. The van der Waals surface area contributed by atoms with Crippen LogP contribution in [0.15, 0.2) is 28.8 Å². The van der Waals surface area contributed by atoms with E-state index in [4.69, 9.17) is 27.7 Å². The van der Waals surface area contributed by atoms with Crippen molar-refractivity contribution in [2.24, 2.45) is 0 Å². The maximum absolute atomic E-state index is 12.5. The van der Waals surface area contributed by atoms with Crippen LogP contribution < -0.4 is 5.32 Å². The zero-order chi connectivity index (χ0) is 19.4. The molecule has 0 aliphatic carbocycles. The first-order valence-corrected chi connectivity index (χ1v) is 9.25. The number of hydrogen-bond acceptors (Lipinski definition) is 5. The van der Waals surface area contributed by atoms with Gasteiger partial charge in [0.25, 0.3) is 5.91 Å². The average molecular weight is 408 g/mol. The Kier molecular flexibility index (Phi) is 6.13. The lowest BCUT2D eigenvalue weighted by molar-refractivity contribution is 0.0952. The normalized spacial score (nSPS) is 11.0. The van der Waals surface area contributed by atoms with Gasteiger partial charge in [-0.25, -0.2) is 4.68 Å². The highest BCUT2D eigenvalue weighted by molar-refractivity contribution is 6.33. The highest BCUT2D eigenvalue weighted by Gasteiger charge is 2.20. The third kappa shape index (κ3) is 4.67. The van der Waals surface area contributed by atoms with Crippen LogP contribution in [0.3, 0.4) is 0 Å². The Morgan fingerprint density at radius 2 is 2.04 bits per heavy atom. The number of hydrogen-bond donors (Lipinski definition) is 1. The first kappa shape index (κ1) is 19.4. The summed E-state index contributed by atoms with van der Waals surface area (Å²) < 4.78 is 6.62. The number of rotatable bonds is 7. The number of benzene rings is 1. The van der Waals surface area contributed by atoms with Gasteiger partial charge in [0.1, 0.15) is 5.15 Å². The summed E-state index contributed by atoms with van der Waals surface area (Å²) in [5.74, 6) is 0.899. The summed E-state index contributed by atoms with van der Waals surface area (Å²) >= 11 is 12.6. The van der Waals surface area contributed by atoms with E-state index < -0.39 is 0 Å². The number of aryl methyl sites for hydroxylation is 3. The Hall–Kier alpha value is -2.38. The Bertz CT molecular complexity index is 951. The Morgan fingerprint density at radius 1 is 1.26 bits per heavy atom. The van der Waals surface area contributed by atoms with Gasteiger partial charge in [-0.15, -0.1) is 0 Å². The fourth-order valence-electron chi connectivity index (χ4n) is 2.68. The minimum absolute atomic E-state index is 0.260. The predicted molar refractivity (Wildman–Crippen MR) is 102 cm³/mol. The lowest BCUT2D eigenvalue weighted by Gasteiger charge is -2.06. The van der Waals surface area contributed by atoms with E-state index >= 15 is 0 Å². The van der Waals surface area contributed by atoms with Crippen molar-refractivity contribution in [3.8, 4) is 0 Å². The van der Waals surface area contributed by atoms with Crippen molar-refractivity contribution >= 4 is 29.1 Å². The maximum Gasteiger partial charge on any atom is 0.256 e. The van der Waals surface area contributed by atoms with E-state index in [2.05, 4.69) is 20.6 Å². The number of carbonyl (C=O) groups excluding carboxylic acids is 1. The highest BCUT2D eigenvalue weighted by Crippen LogP contribution is 2.23. The van der Waals surface area contributed by atoms with Gasteiger partial charge < -0.3 is 9.84 Å². The van der Waals surface area contributed by atoms with Crippen molar-refractivity contribution in [3.63, 3.8) is 0 Å². The number of carbonyl (C=O) groups is 1. The molecule has 0 aliphatic rings. The van der Waals surface area contributed by atoms with Gasteiger partial charge in [-0.3, -0.25) is 4.79 Å².